The summed E-state index contributed by atoms with van der Waals surface area (Å²) in [7, 11) is 3.81. The van der Waals surface area contributed by atoms with Crippen LogP contribution < -0.4 is 5.32 Å². The zero-order valence-corrected chi connectivity index (χ0v) is 14.4. The number of nitrogens with one attached hydrogen (secondary N) is 1. The molecule has 2 aromatic rings. The molecule has 1 saturated carbocycles. The van der Waals surface area contributed by atoms with E-state index in [1.54, 1.807) is 18.2 Å². The molecule has 1 aliphatic carbocycles. The second-order valence-electron chi connectivity index (χ2n) is 6.78. The van der Waals surface area contributed by atoms with Crippen LogP contribution in [0.25, 0.3) is 0 Å². The van der Waals surface area contributed by atoms with Crippen LogP contribution >= 0.6 is 0 Å². The van der Waals surface area contributed by atoms with Gasteiger partial charge in [0.05, 0.1) is 6.04 Å². The average molecular weight is 344 g/mol. The second kappa shape index (κ2) is 7.31. The first-order chi connectivity index (χ1) is 12.0. The van der Waals surface area contributed by atoms with Crippen molar-refractivity contribution < 1.29 is 13.6 Å². The van der Waals surface area contributed by atoms with Gasteiger partial charge in [-0.2, -0.15) is 0 Å². The Morgan fingerprint density at radius 2 is 1.88 bits per heavy atom. The van der Waals surface area contributed by atoms with Crippen molar-refractivity contribution in [2.75, 3.05) is 20.6 Å². The van der Waals surface area contributed by atoms with Gasteiger partial charge in [-0.25, -0.2) is 8.78 Å². The summed E-state index contributed by atoms with van der Waals surface area (Å²) in [6, 6.07) is 12.7. The van der Waals surface area contributed by atoms with Crippen molar-refractivity contribution in [3.05, 3.63) is 71.3 Å². The summed E-state index contributed by atoms with van der Waals surface area (Å²) < 4.78 is 26.5. The highest BCUT2D eigenvalue weighted by molar-refractivity contribution is 5.82. The highest BCUT2D eigenvalue weighted by Crippen LogP contribution is 2.47. The fraction of sp³-hybridized carbons (Fsp3) is 0.350. The van der Waals surface area contributed by atoms with Gasteiger partial charge in [0.2, 0.25) is 5.91 Å². The molecule has 3 rings (SSSR count). The van der Waals surface area contributed by atoms with Crippen molar-refractivity contribution >= 4 is 5.91 Å². The van der Waals surface area contributed by atoms with E-state index in [4.69, 9.17) is 0 Å². The maximum Gasteiger partial charge on any atom is 0.223 e. The Labute approximate surface area is 146 Å². The van der Waals surface area contributed by atoms with E-state index in [-0.39, 0.29) is 35.4 Å². The number of likely N-dealkylation sites (N-methyl/N-ethyl adjacent to an activating group) is 1. The van der Waals surface area contributed by atoms with Gasteiger partial charge in [0.25, 0.3) is 0 Å². The van der Waals surface area contributed by atoms with E-state index < -0.39 is 0 Å². The maximum absolute atomic E-state index is 13.5. The predicted molar refractivity (Wildman–Crippen MR) is 93.1 cm³/mol. The van der Waals surface area contributed by atoms with Crippen LogP contribution in [-0.4, -0.2) is 31.4 Å². The highest BCUT2D eigenvalue weighted by Gasteiger charge is 2.43. The van der Waals surface area contributed by atoms with Crippen molar-refractivity contribution in [1.82, 2.24) is 10.2 Å². The molecule has 0 aromatic heterocycles. The Balaban J connectivity index is 1.58. The number of hydrogen-bond donors (Lipinski definition) is 1. The largest absolute Gasteiger partial charge is 0.354 e. The van der Waals surface area contributed by atoms with Gasteiger partial charge < -0.3 is 10.2 Å². The molecule has 3 atom stereocenters. The van der Waals surface area contributed by atoms with Gasteiger partial charge in [-0.3, -0.25) is 4.79 Å². The molecule has 0 aliphatic heterocycles. The van der Waals surface area contributed by atoms with Gasteiger partial charge >= 0.3 is 0 Å². The van der Waals surface area contributed by atoms with Crippen molar-refractivity contribution in [1.29, 1.82) is 0 Å². The summed E-state index contributed by atoms with van der Waals surface area (Å²) in [4.78, 5) is 14.4. The maximum atomic E-state index is 13.5. The lowest BCUT2D eigenvalue weighted by Crippen LogP contribution is -2.35. The molecule has 0 heterocycles. The van der Waals surface area contributed by atoms with Crippen LogP contribution in [0.2, 0.25) is 0 Å². The molecule has 0 radical (unpaired) electrons. The molecule has 2 aromatic carbocycles. The summed E-state index contributed by atoms with van der Waals surface area (Å²) in [5.41, 5.74) is 1.83. The van der Waals surface area contributed by atoms with E-state index in [0.717, 1.165) is 17.5 Å². The molecule has 1 amide bonds. The van der Waals surface area contributed by atoms with Crippen molar-refractivity contribution in [2.24, 2.45) is 5.92 Å². The fourth-order valence-corrected chi connectivity index (χ4v) is 3.20. The zero-order chi connectivity index (χ0) is 18.0. The monoisotopic (exact) mass is 344 g/mol. The lowest BCUT2D eigenvalue weighted by Gasteiger charge is -2.25. The van der Waals surface area contributed by atoms with Crippen LogP contribution in [0.3, 0.4) is 0 Å². The van der Waals surface area contributed by atoms with E-state index in [9.17, 15) is 13.6 Å². The lowest BCUT2D eigenvalue weighted by molar-refractivity contribution is -0.122. The first-order valence-electron chi connectivity index (χ1n) is 8.41. The summed E-state index contributed by atoms with van der Waals surface area (Å²) in [5, 5.41) is 2.98. The van der Waals surface area contributed by atoms with E-state index in [1.165, 1.54) is 24.3 Å². The molecular weight excluding hydrogens is 322 g/mol. The summed E-state index contributed by atoms with van der Waals surface area (Å²) >= 11 is 0. The number of rotatable bonds is 6. The molecule has 3 nitrogen and oxygen atoms in total. The third-order valence-corrected chi connectivity index (χ3v) is 4.75. The molecule has 1 fully saturated rings. The molecule has 0 saturated heterocycles. The number of amides is 1. The van der Waals surface area contributed by atoms with Crippen molar-refractivity contribution in [2.45, 2.75) is 18.4 Å². The number of nitrogens with zero attached hydrogens (tertiary/aromatic N) is 1. The van der Waals surface area contributed by atoms with E-state index in [2.05, 4.69) is 5.32 Å². The number of carbonyl (C=O) groups excluding carboxylic acids is 1. The van der Waals surface area contributed by atoms with Crippen LogP contribution in [0.5, 0.6) is 0 Å². The Kier molecular flexibility index (Phi) is 5.13. The van der Waals surface area contributed by atoms with Gasteiger partial charge in [0.1, 0.15) is 11.6 Å². The van der Waals surface area contributed by atoms with E-state index in [1.807, 2.05) is 25.1 Å². The number of carbonyl (C=O) groups is 1. The molecule has 132 valence electrons. The van der Waals surface area contributed by atoms with E-state index in [0.29, 0.717) is 6.54 Å². The first kappa shape index (κ1) is 17.5. The van der Waals surface area contributed by atoms with Crippen LogP contribution in [0, 0.1) is 17.6 Å². The topological polar surface area (TPSA) is 32.3 Å². The van der Waals surface area contributed by atoms with Gasteiger partial charge in [0.15, 0.2) is 0 Å². The van der Waals surface area contributed by atoms with Crippen LogP contribution in [0.15, 0.2) is 48.5 Å². The van der Waals surface area contributed by atoms with Gasteiger partial charge in [-0.15, -0.1) is 0 Å². The molecule has 5 heteroatoms. The van der Waals surface area contributed by atoms with E-state index >= 15 is 0 Å². The van der Waals surface area contributed by atoms with Crippen molar-refractivity contribution in [3.8, 4) is 0 Å². The Hall–Kier alpha value is -2.27. The summed E-state index contributed by atoms with van der Waals surface area (Å²) in [6.45, 7) is 0.419. The molecule has 0 spiro atoms. The fourth-order valence-electron chi connectivity index (χ4n) is 3.20. The summed E-state index contributed by atoms with van der Waals surface area (Å²) in [6.07, 6.45) is 0.782. The molecular formula is C20H22F2N2O. The average Bonchev–Trinajstić information content (AvgIpc) is 3.36. The quantitative estimate of drug-likeness (QED) is 0.870. The SMILES string of the molecule is CN(C)C(CNC(=O)C1CC1c1ccc(F)cc1)c1cccc(F)c1. The second-order valence-corrected chi connectivity index (χ2v) is 6.78. The number of halogens is 2. The predicted octanol–water partition coefficient (Wildman–Crippen LogP) is 3.49. The minimum Gasteiger partial charge on any atom is -0.354 e. The van der Waals surface area contributed by atoms with Gasteiger partial charge in [0, 0.05) is 12.5 Å². The Morgan fingerprint density at radius 3 is 2.52 bits per heavy atom. The first-order valence-corrected chi connectivity index (χ1v) is 8.41. The molecule has 1 aliphatic rings. The lowest BCUT2D eigenvalue weighted by atomic mass is 10.1. The zero-order valence-electron chi connectivity index (χ0n) is 14.4. The molecule has 1 N–H and O–H groups in total. The highest BCUT2D eigenvalue weighted by atomic mass is 19.1. The third-order valence-electron chi connectivity index (χ3n) is 4.75. The van der Waals surface area contributed by atoms with Gasteiger partial charge in [-0.05, 0) is 61.8 Å². The minimum atomic E-state index is -0.283. The number of hydrogen-bond acceptors (Lipinski definition) is 2. The third kappa shape index (κ3) is 4.23. The van der Waals surface area contributed by atoms with Crippen LogP contribution in [-0.2, 0) is 4.79 Å². The minimum absolute atomic E-state index is 0.00224. The molecule has 0 bridgehead atoms. The van der Waals surface area contributed by atoms with Crippen molar-refractivity contribution in [3.63, 3.8) is 0 Å². The smallest absolute Gasteiger partial charge is 0.223 e. The summed E-state index contributed by atoms with van der Waals surface area (Å²) in [5.74, 6) is -0.463. The van der Waals surface area contributed by atoms with Crippen LogP contribution in [0.1, 0.15) is 29.5 Å². The standard InChI is InChI=1S/C20H22F2N2O/c1-24(2)19(14-4-3-5-16(22)10-14)12-23-20(25)18-11-17(18)13-6-8-15(21)9-7-13/h3-10,17-19H,11-12H2,1-2H3,(H,23,25). The number of benzene rings is 2. The Bertz CT molecular complexity index is 746. The normalized spacial score (nSPS) is 20.4. The Morgan fingerprint density at radius 1 is 1.16 bits per heavy atom. The van der Waals surface area contributed by atoms with Crippen LogP contribution in [0.4, 0.5) is 8.78 Å². The van der Waals surface area contributed by atoms with Gasteiger partial charge in [-0.1, -0.05) is 24.3 Å². The molecule has 25 heavy (non-hydrogen) atoms. The molecule has 3 unspecified atom stereocenters.